The molecule has 6 nitrogen and oxygen atoms in total. The van der Waals surface area contributed by atoms with E-state index in [1.54, 1.807) is 38.3 Å². The normalized spacial score (nSPS) is 12.4. The van der Waals surface area contributed by atoms with Gasteiger partial charge in [-0.3, -0.25) is 4.79 Å². The molecule has 0 aromatic heterocycles. The number of ether oxygens (including phenoxy) is 1. The lowest BCUT2D eigenvalue weighted by Crippen LogP contribution is -2.41. The highest BCUT2D eigenvalue weighted by atomic mass is 32.2. The monoisotopic (exact) mass is 456 g/mol. The molecular formula is C24H25FN2O4S. The summed E-state index contributed by atoms with van der Waals surface area (Å²) in [6.45, 7) is 1.33. The molecule has 0 fully saturated rings. The number of nitrogens with zero attached hydrogens (tertiary/aromatic N) is 1. The van der Waals surface area contributed by atoms with E-state index >= 15 is 0 Å². The van der Waals surface area contributed by atoms with Crippen LogP contribution in [0.4, 0.5) is 4.39 Å². The predicted molar refractivity (Wildman–Crippen MR) is 120 cm³/mol. The van der Waals surface area contributed by atoms with E-state index in [4.69, 9.17) is 4.74 Å². The van der Waals surface area contributed by atoms with Crippen LogP contribution in [0.2, 0.25) is 0 Å². The Morgan fingerprint density at radius 3 is 2.28 bits per heavy atom. The van der Waals surface area contributed by atoms with Gasteiger partial charge < -0.3 is 10.1 Å². The molecule has 0 saturated carbocycles. The highest BCUT2D eigenvalue weighted by molar-refractivity contribution is 7.89. The number of rotatable bonds is 9. The summed E-state index contributed by atoms with van der Waals surface area (Å²) in [4.78, 5) is 12.9. The molecule has 1 unspecified atom stereocenters. The number of amides is 1. The van der Waals surface area contributed by atoms with E-state index < -0.39 is 34.3 Å². The maximum atomic E-state index is 13.3. The fourth-order valence-corrected chi connectivity index (χ4v) is 4.72. The molecule has 0 spiro atoms. The Morgan fingerprint density at radius 1 is 1.00 bits per heavy atom. The Bertz CT molecular complexity index is 1150. The van der Waals surface area contributed by atoms with Gasteiger partial charge >= 0.3 is 0 Å². The second kappa shape index (κ2) is 10.4. The Labute approximate surface area is 187 Å². The summed E-state index contributed by atoms with van der Waals surface area (Å²) in [5.74, 6) is -0.264. The number of hydrogen-bond donors (Lipinski definition) is 1. The molecule has 8 heteroatoms. The molecule has 0 heterocycles. The third-order valence-corrected chi connectivity index (χ3v) is 6.76. The first-order valence-electron chi connectivity index (χ1n) is 10.0. The number of methoxy groups -OCH3 is 1. The van der Waals surface area contributed by atoms with Gasteiger partial charge in [0.2, 0.25) is 15.9 Å². The van der Waals surface area contributed by atoms with Crippen molar-refractivity contribution in [2.24, 2.45) is 0 Å². The SMILES string of the molecule is COc1ccccc1C(C)NC(=O)CN(Cc1ccc(F)cc1)S(=O)(=O)c1ccccc1. The van der Waals surface area contributed by atoms with E-state index in [1.165, 1.54) is 36.4 Å². The summed E-state index contributed by atoms with van der Waals surface area (Å²) in [5.41, 5.74) is 1.34. The van der Waals surface area contributed by atoms with E-state index in [9.17, 15) is 17.6 Å². The number of benzene rings is 3. The first-order chi connectivity index (χ1) is 15.3. The second-order valence-electron chi connectivity index (χ2n) is 7.24. The minimum absolute atomic E-state index is 0.0754. The number of nitrogens with one attached hydrogen (secondary N) is 1. The van der Waals surface area contributed by atoms with Crippen LogP contribution < -0.4 is 10.1 Å². The Hall–Kier alpha value is -3.23. The predicted octanol–water partition coefficient (Wildman–Crippen LogP) is 3.90. The summed E-state index contributed by atoms with van der Waals surface area (Å²) in [6.07, 6.45) is 0. The van der Waals surface area contributed by atoms with Gasteiger partial charge in [-0.25, -0.2) is 12.8 Å². The average molecular weight is 457 g/mol. The van der Waals surface area contributed by atoms with Crippen molar-refractivity contribution in [2.45, 2.75) is 24.4 Å². The summed E-state index contributed by atoms with van der Waals surface area (Å²) in [7, 11) is -2.42. The molecule has 0 bridgehead atoms. The van der Waals surface area contributed by atoms with Crippen molar-refractivity contribution in [3.05, 3.63) is 95.8 Å². The number of para-hydroxylation sites is 1. The smallest absolute Gasteiger partial charge is 0.243 e. The van der Waals surface area contributed by atoms with Crippen LogP contribution in [0.3, 0.4) is 0 Å². The highest BCUT2D eigenvalue weighted by Gasteiger charge is 2.27. The number of hydrogen-bond acceptors (Lipinski definition) is 4. The first-order valence-corrected chi connectivity index (χ1v) is 11.5. The van der Waals surface area contributed by atoms with Gasteiger partial charge in [-0.1, -0.05) is 48.5 Å². The molecule has 0 aliphatic rings. The quantitative estimate of drug-likeness (QED) is 0.530. The van der Waals surface area contributed by atoms with Crippen molar-refractivity contribution in [1.29, 1.82) is 0 Å². The van der Waals surface area contributed by atoms with Crippen LogP contribution in [0.5, 0.6) is 5.75 Å². The Balaban J connectivity index is 1.83. The van der Waals surface area contributed by atoms with E-state index in [0.717, 1.165) is 9.87 Å². The van der Waals surface area contributed by atoms with Crippen LogP contribution in [0.15, 0.2) is 83.8 Å². The lowest BCUT2D eigenvalue weighted by Gasteiger charge is -2.24. The first kappa shape index (κ1) is 23.4. The van der Waals surface area contributed by atoms with Crippen LogP contribution in [-0.2, 0) is 21.4 Å². The van der Waals surface area contributed by atoms with Crippen molar-refractivity contribution < 1.29 is 22.3 Å². The molecule has 0 aliphatic carbocycles. The molecule has 1 atom stereocenters. The minimum Gasteiger partial charge on any atom is -0.496 e. The zero-order valence-electron chi connectivity index (χ0n) is 17.9. The molecule has 0 saturated heterocycles. The second-order valence-corrected chi connectivity index (χ2v) is 9.18. The standard InChI is InChI=1S/C24H25FN2O4S/c1-18(22-10-6-7-11-23(22)31-2)26-24(28)17-27(16-19-12-14-20(25)15-13-19)32(29,30)21-8-4-3-5-9-21/h3-15,18H,16-17H2,1-2H3,(H,26,28). The van der Waals surface area contributed by atoms with E-state index in [2.05, 4.69) is 5.32 Å². The molecule has 0 aliphatic heterocycles. The maximum absolute atomic E-state index is 13.3. The molecule has 0 radical (unpaired) electrons. The molecule has 3 aromatic carbocycles. The van der Waals surface area contributed by atoms with Gasteiger partial charge in [-0.2, -0.15) is 4.31 Å². The van der Waals surface area contributed by atoms with E-state index in [-0.39, 0.29) is 11.4 Å². The molecule has 1 N–H and O–H groups in total. The van der Waals surface area contributed by atoms with Crippen molar-refractivity contribution in [3.63, 3.8) is 0 Å². The van der Waals surface area contributed by atoms with Gasteiger partial charge in [0.05, 0.1) is 24.6 Å². The van der Waals surface area contributed by atoms with Gasteiger partial charge in [0.1, 0.15) is 11.6 Å². The van der Waals surface area contributed by atoms with Crippen molar-refractivity contribution in [1.82, 2.24) is 9.62 Å². The largest absolute Gasteiger partial charge is 0.496 e. The van der Waals surface area contributed by atoms with E-state index in [0.29, 0.717) is 11.3 Å². The van der Waals surface area contributed by atoms with Crippen molar-refractivity contribution in [3.8, 4) is 5.75 Å². The molecular weight excluding hydrogens is 431 g/mol. The highest BCUT2D eigenvalue weighted by Crippen LogP contribution is 2.24. The molecule has 3 rings (SSSR count). The fraction of sp³-hybridized carbons (Fsp3) is 0.208. The van der Waals surface area contributed by atoms with E-state index in [1.807, 2.05) is 18.2 Å². The Kier molecular flexibility index (Phi) is 7.61. The van der Waals surface area contributed by atoms with Gasteiger partial charge in [0, 0.05) is 12.1 Å². The van der Waals surface area contributed by atoms with Crippen LogP contribution in [0.1, 0.15) is 24.1 Å². The molecule has 3 aromatic rings. The topological polar surface area (TPSA) is 75.7 Å². The third-order valence-electron chi connectivity index (χ3n) is 4.96. The van der Waals surface area contributed by atoms with Crippen LogP contribution in [0, 0.1) is 5.82 Å². The van der Waals surface area contributed by atoms with Crippen molar-refractivity contribution >= 4 is 15.9 Å². The number of carbonyl (C=O) groups is 1. The van der Waals surface area contributed by atoms with Gasteiger partial charge in [0.15, 0.2) is 0 Å². The van der Waals surface area contributed by atoms with Crippen LogP contribution in [0.25, 0.3) is 0 Å². The van der Waals surface area contributed by atoms with Gasteiger partial charge in [-0.15, -0.1) is 0 Å². The van der Waals surface area contributed by atoms with Crippen LogP contribution in [-0.4, -0.2) is 32.3 Å². The number of carbonyl (C=O) groups excluding carboxylic acids is 1. The summed E-state index contributed by atoms with van der Waals surface area (Å²) >= 11 is 0. The Morgan fingerprint density at radius 2 is 1.62 bits per heavy atom. The summed E-state index contributed by atoms with van der Waals surface area (Å²) in [5, 5.41) is 2.83. The minimum atomic E-state index is -3.96. The number of halogens is 1. The van der Waals surface area contributed by atoms with Crippen LogP contribution >= 0.6 is 0 Å². The zero-order chi connectivity index (χ0) is 23.1. The van der Waals surface area contributed by atoms with Crippen molar-refractivity contribution in [2.75, 3.05) is 13.7 Å². The lowest BCUT2D eigenvalue weighted by atomic mass is 10.1. The lowest BCUT2D eigenvalue weighted by molar-refractivity contribution is -0.122. The molecule has 1 amide bonds. The average Bonchev–Trinajstić information content (AvgIpc) is 2.80. The summed E-state index contributed by atoms with van der Waals surface area (Å²) < 4.78 is 46.2. The molecule has 32 heavy (non-hydrogen) atoms. The van der Waals surface area contributed by atoms with Gasteiger partial charge in [-0.05, 0) is 42.8 Å². The van der Waals surface area contributed by atoms with Gasteiger partial charge in [0.25, 0.3) is 0 Å². The third kappa shape index (κ3) is 5.72. The number of sulfonamides is 1. The molecule has 168 valence electrons. The maximum Gasteiger partial charge on any atom is 0.243 e. The zero-order valence-corrected chi connectivity index (χ0v) is 18.7. The fourth-order valence-electron chi connectivity index (χ4n) is 3.31. The summed E-state index contributed by atoms with van der Waals surface area (Å²) in [6, 6.07) is 20.3.